The van der Waals surface area contributed by atoms with Crippen molar-refractivity contribution in [1.82, 2.24) is 9.62 Å². The van der Waals surface area contributed by atoms with E-state index in [0.29, 0.717) is 35.4 Å². The van der Waals surface area contributed by atoms with Crippen LogP contribution in [0.25, 0.3) is 0 Å². The van der Waals surface area contributed by atoms with Crippen LogP contribution in [0.1, 0.15) is 19.3 Å². The first-order chi connectivity index (χ1) is 9.90. The molecule has 8 heteroatoms. The van der Waals surface area contributed by atoms with Gasteiger partial charge in [0.05, 0.1) is 9.92 Å². The van der Waals surface area contributed by atoms with E-state index >= 15 is 0 Å². The molecule has 0 atom stereocenters. The van der Waals surface area contributed by atoms with Gasteiger partial charge in [-0.15, -0.1) is 0 Å². The van der Waals surface area contributed by atoms with Crippen molar-refractivity contribution in [2.75, 3.05) is 19.6 Å². The van der Waals surface area contributed by atoms with Crippen LogP contribution in [0.3, 0.4) is 0 Å². The zero-order valence-electron chi connectivity index (χ0n) is 11.3. The van der Waals surface area contributed by atoms with Crippen molar-refractivity contribution in [3.63, 3.8) is 0 Å². The highest BCUT2D eigenvalue weighted by atomic mass is 79.9. The van der Waals surface area contributed by atoms with E-state index in [9.17, 15) is 13.2 Å². The van der Waals surface area contributed by atoms with E-state index < -0.39 is 10.0 Å². The lowest BCUT2D eigenvalue weighted by Gasteiger charge is -2.15. The number of rotatable bonds is 6. The second-order valence-electron chi connectivity index (χ2n) is 4.81. The highest BCUT2D eigenvalue weighted by molar-refractivity contribution is 9.10. The van der Waals surface area contributed by atoms with Gasteiger partial charge in [0.25, 0.3) is 0 Å². The minimum Gasteiger partial charge on any atom is -0.343 e. The molecule has 1 aliphatic rings. The topological polar surface area (TPSA) is 66.5 Å². The molecule has 0 unspecified atom stereocenters. The van der Waals surface area contributed by atoms with E-state index in [0.717, 1.165) is 13.0 Å². The zero-order chi connectivity index (χ0) is 15.5. The first-order valence-corrected chi connectivity index (χ1v) is 9.28. The summed E-state index contributed by atoms with van der Waals surface area (Å²) in [5.74, 6) is 0.152. The molecule has 0 aliphatic carbocycles. The smallest absolute Gasteiger partial charge is 0.240 e. The lowest BCUT2D eigenvalue weighted by atomic mass is 10.4. The number of hydrogen-bond donors (Lipinski definition) is 1. The highest BCUT2D eigenvalue weighted by Crippen LogP contribution is 2.25. The molecular formula is C13H16BrClN2O3S. The fourth-order valence-electron chi connectivity index (χ4n) is 2.14. The van der Waals surface area contributed by atoms with Crippen LogP contribution in [-0.2, 0) is 14.8 Å². The zero-order valence-corrected chi connectivity index (χ0v) is 14.5. The van der Waals surface area contributed by atoms with Gasteiger partial charge < -0.3 is 4.90 Å². The maximum Gasteiger partial charge on any atom is 0.240 e. The van der Waals surface area contributed by atoms with Crippen molar-refractivity contribution in [3.8, 4) is 0 Å². The average molecular weight is 396 g/mol. The molecule has 1 saturated heterocycles. The van der Waals surface area contributed by atoms with E-state index in [1.165, 1.54) is 18.2 Å². The number of carbonyl (C=O) groups excluding carboxylic acids is 1. The molecule has 1 aliphatic heterocycles. The summed E-state index contributed by atoms with van der Waals surface area (Å²) in [5, 5.41) is 0.460. The molecule has 116 valence electrons. The predicted octanol–water partition coefficient (Wildman–Crippen LogP) is 2.39. The average Bonchev–Trinajstić information content (AvgIpc) is 2.83. The quantitative estimate of drug-likeness (QED) is 0.752. The van der Waals surface area contributed by atoms with Crippen LogP contribution >= 0.6 is 27.5 Å². The van der Waals surface area contributed by atoms with Crippen LogP contribution in [0, 0.1) is 0 Å². The molecule has 0 saturated carbocycles. The Morgan fingerprint density at radius 2 is 2.14 bits per heavy atom. The van der Waals surface area contributed by atoms with Crippen LogP contribution in [0.5, 0.6) is 0 Å². The molecule has 21 heavy (non-hydrogen) atoms. The fraction of sp³-hybridized carbons (Fsp3) is 0.462. The third-order valence-corrected chi connectivity index (χ3v) is 5.94. The van der Waals surface area contributed by atoms with Gasteiger partial charge in [-0.3, -0.25) is 4.79 Å². The lowest BCUT2D eigenvalue weighted by molar-refractivity contribution is -0.127. The Morgan fingerprint density at radius 3 is 2.76 bits per heavy atom. The second kappa shape index (κ2) is 7.09. The molecule has 5 nitrogen and oxygen atoms in total. The van der Waals surface area contributed by atoms with Crippen LogP contribution in [0.15, 0.2) is 27.6 Å². The highest BCUT2D eigenvalue weighted by Gasteiger charge is 2.20. The minimum absolute atomic E-state index is 0.152. The number of benzene rings is 1. The Balaban J connectivity index is 1.86. The first kappa shape index (κ1) is 16.7. The van der Waals surface area contributed by atoms with Crippen molar-refractivity contribution in [2.45, 2.75) is 24.2 Å². The van der Waals surface area contributed by atoms with E-state index in [1.807, 2.05) is 0 Å². The van der Waals surface area contributed by atoms with Crippen LogP contribution in [0.4, 0.5) is 0 Å². The van der Waals surface area contributed by atoms with Gasteiger partial charge in [-0.05, 0) is 47.0 Å². The first-order valence-electron chi connectivity index (χ1n) is 6.62. The van der Waals surface area contributed by atoms with Gasteiger partial charge in [-0.1, -0.05) is 11.6 Å². The van der Waals surface area contributed by atoms with Crippen molar-refractivity contribution in [3.05, 3.63) is 27.7 Å². The third-order valence-electron chi connectivity index (χ3n) is 3.27. The summed E-state index contributed by atoms with van der Waals surface area (Å²) in [6.07, 6.45) is 2.09. The van der Waals surface area contributed by atoms with Gasteiger partial charge in [-0.2, -0.15) is 0 Å². The van der Waals surface area contributed by atoms with Gasteiger partial charge in [0.15, 0.2) is 0 Å². The van der Waals surface area contributed by atoms with E-state index in [1.54, 1.807) is 4.90 Å². The summed E-state index contributed by atoms with van der Waals surface area (Å²) < 4.78 is 27.3. The molecule has 0 aromatic heterocycles. The number of amides is 1. The van der Waals surface area contributed by atoms with Gasteiger partial charge in [0.2, 0.25) is 15.9 Å². The number of sulfonamides is 1. The molecular weight excluding hydrogens is 380 g/mol. The molecule has 1 aromatic carbocycles. The summed E-state index contributed by atoms with van der Waals surface area (Å²) in [7, 11) is -3.55. The van der Waals surface area contributed by atoms with E-state index in [-0.39, 0.29) is 10.8 Å². The Bertz CT molecular complexity index is 636. The monoisotopic (exact) mass is 394 g/mol. The van der Waals surface area contributed by atoms with Gasteiger partial charge in [0.1, 0.15) is 0 Å². The summed E-state index contributed by atoms with van der Waals surface area (Å²) in [6, 6.07) is 4.46. The summed E-state index contributed by atoms with van der Waals surface area (Å²) >= 11 is 9.05. The number of hydrogen-bond acceptors (Lipinski definition) is 3. The molecule has 1 fully saturated rings. The van der Waals surface area contributed by atoms with Gasteiger partial charge in [-0.25, -0.2) is 13.1 Å². The number of nitrogens with one attached hydrogen (secondary N) is 1. The van der Waals surface area contributed by atoms with Crippen molar-refractivity contribution < 1.29 is 13.2 Å². The Morgan fingerprint density at radius 1 is 1.38 bits per heavy atom. The molecule has 1 heterocycles. The van der Waals surface area contributed by atoms with Crippen LogP contribution in [-0.4, -0.2) is 38.9 Å². The Hall–Kier alpha value is -0.630. The number of nitrogens with zero attached hydrogens (tertiary/aromatic N) is 1. The maximum absolute atomic E-state index is 12.1. The lowest BCUT2D eigenvalue weighted by Crippen LogP contribution is -2.30. The van der Waals surface area contributed by atoms with E-state index in [4.69, 9.17) is 11.6 Å². The van der Waals surface area contributed by atoms with Crippen molar-refractivity contribution in [1.29, 1.82) is 0 Å². The molecule has 1 amide bonds. The summed E-state index contributed by atoms with van der Waals surface area (Å²) in [5.41, 5.74) is 0. The van der Waals surface area contributed by atoms with Crippen molar-refractivity contribution >= 4 is 43.5 Å². The standard InChI is InChI=1S/C13H16BrClN2O3S/c14-11-9-10(4-5-12(11)15)21(19,20)16-6-2-8-17-7-1-3-13(17)18/h4-5,9,16H,1-3,6-8H2. The Kier molecular flexibility index (Phi) is 5.65. The fourth-order valence-corrected chi connectivity index (χ4v) is 3.89. The van der Waals surface area contributed by atoms with Crippen molar-refractivity contribution in [2.24, 2.45) is 0 Å². The SMILES string of the molecule is O=C1CCCN1CCCNS(=O)(=O)c1ccc(Cl)c(Br)c1. The number of carbonyl (C=O) groups is 1. The minimum atomic E-state index is -3.55. The summed E-state index contributed by atoms with van der Waals surface area (Å²) in [6.45, 7) is 1.66. The third kappa shape index (κ3) is 4.42. The van der Waals surface area contributed by atoms with E-state index in [2.05, 4.69) is 20.7 Å². The maximum atomic E-state index is 12.1. The molecule has 2 rings (SSSR count). The molecule has 1 N–H and O–H groups in total. The van der Waals surface area contributed by atoms with Gasteiger partial charge >= 0.3 is 0 Å². The van der Waals surface area contributed by atoms with Gasteiger partial charge in [0, 0.05) is 30.5 Å². The number of likely N-dealkylation sites (tertiary alicyclic amines) is 1. The van der Waals surface area contributed by atoms with Crippen LogP contribution in [0.2, 0.25) is 5.02 Å². The largest absolute Gasteiger partial charge is 0.343 e. The van der Waals surface area contributed by atoms with Crippen LogP contribution < -0.4 is 4.72 Å². The molecule has 0 radical (unpaired) electrons. The molecule has 0 bridgehead atoms. The predicted molar refractivity (Wildman–Crippen MR) is 84.8 cm³/mol. The molecule has 1 aromatic rings. The Labute approximate surface area is 137 Å². The molecule has 0 spiro atoms. The number of halogens is 2. The summed E-state index contributed by atoms with van der Waals surface area (Å²) in [4.78, 5) is 13.4. The second-order valence-corrected chi connectivity index (χ2v) is 7.84. The normalized spacial score (nSPS) is 15.7.